The first-order valence-electron chi connectivity index (χ1n) is 10.5. The number of halogens is 1. The molecule has 2 aromatic carbocycles. The molecule has 31 heavy (non-hydrogen) atoms. The highest BCUT2D eigenvalue weighted by atomic mass is 19.1. The lowest BCUT2D eigenvalue weighted by Gasteiger charge is -2.27. The van der Waals surface area contributed by atoms with Crippen molar-refractivity contribution in [2.45, 2.75) is 38.1 Å². The highest BCUT2D eigenvalue weighted by Gasteiger charge is 2.31. The quantitative estimate of drug-likeness (QED) is 0.616. The molecule has 160 valence electrons. The van der Waals surface area contributed by atoms with Crippen LogP contribution in [-0.2, 0) is 4.79 Å². The molecule has 0 aliphatic heterocycles. The lowest BCUT2D eigenvalue weighted by Crippen LogP contribution is -2.46. The number of aromatic nitrogens is 2. The Morgan fingerprint density at radius 3 is 2.35 bits per heavy atom. The van der Waals surface area contributed by atoms with Crippen molar-refractivity contribution in [1.29, 1.82) is 0 Å². The second kappa shape index (κ2) is 9.12. The molecule has 0 spiro atoms. The number of amides is 1. The van der Waals surface area contributed by atoms with E-state index in [1.54, 1.807) is 22.9 Å². The summed E-state index contributed by atoms with van der Waals surface area (Å²) in [5.74, 6) is -2.01. The number of carboxylic acids is 1. The Kier molecular flexibility index (Phi) is 6.11. The molecule has 1 fully saturated rings. The van der Waals surface area contributed by atoms with Gasteiger partial charge in [0.25, 0.3) is 5.91 Å². The van der Waals surface area contributed by atoms with Gasteiger partial charge in [0, 0.05) is 5.56 Å². The number of carbonyl (C=O) groups is 2. The summed E-state index contributed by atoms with van der Waals surface area (Å²) in [5, 5.41) is 16.8. The van der Waals surface area contributed by atoms with E-state index in [0.717, 1.165) is 37.7 Å². The second-order valence-corrected chi connectivity index (χ2v) is 7.86. The van der Waals surface area contributed by atoms with Crippen LogP contribution in [0.4, 0.5) is 4.39 Å². The van der Waals surface area contributed by atoms with Gasteiger partial charge in [0.15, 0.2) is 5.69 Å². The van der Waals surface area contributed by atoms with Crippen LogP contribution in [0.1, 0.15) is 42.6 Å². The fourth-order valence-electron chi connectivity index (χ4n) is 4.15. The molecular weight excluding hydrogens is 397 g/mol. The van der Waals surface area contributed by atoms with E-state index in [4.69, 9.17) is 0 Å². The van der Waals surface area contributed by atoms with Crippen LogP contribution in [0.25, 0.3) is 16.9 Å². The number of aliphatic carboxylic acids is 1. The van der Waals surface area contributed by atoms with Crippen molar-refractivity contribution in [2.75, 3.05) is 0 Å². The van der Waals surface area contributed by atoms with Gasteiger partial charge in [0.2, 0.25) is 0 Å². The van der Waals surface area contributed by atoms with Crippen LogP contribution in [0.15, 0.2) is 60.7 Å². The van der Waals surface area contributed by atoms with Crippen molar-refractivity contribution in [3.63, 3.8) is 0 Å². The van der Waals surface area contributed by atoms with Crippen molar-refractivity contribution >= 4 is 11.9 Å². The maximum Gasteiger partial charge on any atom is 0.326 e. The summed E-state index contributed by atoms with van der Waals surface area (Å²) < 4.78 is 15.0. The van der Waals surface area contributed by atoms with Gasteiger partial charge in [-0.25, -0.2) is 13.9 Å². The lowest BCUT2D eigenvalue weighted by atomic mass is 9.84. The third-order valence-electron chi connectivity index (χ3n) is 5.76. The maximum atomic E-state index is 13.4. The highest BCUT2D eigenvalue weighted by Crippen LogP contribution is 2.28. The molecule has 7 heteroatoms. The molecule has 2 N–H and O–H groups in total. The summed E-state index contributed by atoms with van der Waals surface area (Å²) in [5.41, 5.74) is 2.20. The SMILES string of the molecule is O=C(NC(C(=O)O)C1CCCCC1)c1cc(-c2ccccc2)n(-c2ccc(F)cc2)n1. The molecule has 1 aromatic heterocycles. The van der Waals surface area contributed by atoms with Crippen molar-refractivity contribution < 1.29 is 19.1 Å². The summed E-state index contributed by atoms with van der Waals surface area (Å²) in [6.45, 7) is 0. The molecule has 1 saturated carbocycles. The van der Waals surface area contributed by atoms with Crippen molar-refractivity contribution in [2.24, 2.45) is 5.92 Å². The van der Waals surface area contributed by atoms with Gasteiger partial charge in [-0.15, -0.1) is 0 Å². The van der Waals surface area contributed by atoms with Gasteiger partial charge in [-0.3, -0.25) is 4.79 Å². The first kappa shape index (κ1) is 20.8. The average molecular weight is 421 g/mol. The number of nitrogens with one attached hydrogen (secondary N) is 1. The van der Waals surface area contributed by atoms with Gasteiger partial charge in [0.05, 0.1) is 11.4 Å². The Morgan fingerprint density at radius 1 is 1.03 bits per heavy atom. The number of nitrogens with zero attached hydrogens (tertiary/aromatic N) is 2. The Hall–Kier alpha value is -3.48. The molecular formula is C24H24FN3O3. The molecule has 1 aliphatic carbocycles. The number of rotatable bonds is 6. The molecule has 0 bridgehead atoms. The molecule has 4 rings (SSSR count). The smallest absolute Gasteiger partial charge is 0.326 e. The molecule has 3 aromatic rings. The molecule has 6 nitrogen and oxygen atoms in total. The fraction of sp³-hybridized carbons (Fsp3) is 0.292. The molecule has 1 aliphatic rings. The molecule has 1 atom stereocenters. The van der Waals surface area contributed by atoms with Gasteiger partial charge in [0.1, 0.15) is 11.9 Å². The van der Waals surface area contributed by atoms with E-state index in [9.17, 15) is 19.1 Å². The third kappa shape index (κ3) is 4.66. The van der Waals surface area contributed by atoms with Crippen LogP contribution in [-0.4, -0.2) is 32.8 Å². The fourth-order valence-corrected chi connectivity index (χ4v) is 4.15. The van der Waals surface area contributed by atoms with Gasteiger partial charge in [-0.05, 0) is 49.1 Å². The molecule has 0 saturated heterocycles. The zero-order valence-electron chi connectivity index (χ0n) is 17.0. The van der Waals surface area contributed by atoms with Crippen LogP contribution in [0.5, 0.6) is 0 Å². The summed E-state index contributed by atoms with van der Waals surface area (Å²) in [6, 6.07) is 15.9. The van der Waals surface area contributed by atoms with E-state index in [1.165, 1.54) is 12.1 Å². The van der Waals surface area contributed by atoms with Crippen LogP contribution < -0.4 is 5.32 Å². The molecule has 1 amide bonds. The second-order valence-electron chi connectivity index (χ2n) is 7.86. The van der Waals surface area contributed by atoms with Gasteiger partial charge >= 0.3 is 5.97 Å². The third-order valence-corrected chi connectivity index (χ3v) is 5.76. The number of carboxylic acid groups (broad SMARTS) is 1. The van der Waals surface area contributed by atoms with E-state index >= 15 is 0 Å². The van der Waals surface area contributed by atoms with Crippen molar-refractivity contribution in [1.82, 2.24) is 15.1 Å². The number of hydrogen-bond donors (Lipinski definition) is 2. The van der Waals surface area contributed by atoms with Crippen molar-refractivity contribution in [3.8, 4) is 16.9 Å². The van der Waals surface area contributed by atoms with Crippen LogP contribution in [0.3, 0.4) is 0 Å². The van der Waals surface area contributed by atoms with E-state index in [-0.39, 0.29) is 17.4 Å². The molecule has 0 radical (unpaired) electrons. The molecule has 1 unspecified atom stereocenters. The summed E-state index contributed by atoms with van der Waals surface area (Å²) >= 11 is 0. The van der Waals surface area contributed by atoms with Crippen LogP contribution >= 0.6 is 0 Å². The van der Waals surface area contributed by atoms with E-state index in [0.29, 0.717) is 11.4 Å². The van der Waals surface area contributed by atoms with Crippen LogP contribution in [0, 0.1) is 11.7 Å². The zero-order valence-corrected chi connectivity index (χ0v) is 17.0. The van der Waals surface area contributed by atoms with Gasteiger partial charge in [-0.1, -0.05) is 49.6 Å². The number of hydrogen-bond acceptors (Lipinski definition) is 3. The highest BCUT2D eigenvalue weighted by molar-refractivity contribution is 5.96. The van der Waals surface area contributed by atoms with E-state index in [1.807, 2.05) is 30.3 Å². The standard InChI is InChI=1S/C24H24FN3O3/c25-18-11-13-19(14-12-18)28-21(16-7-3-1-4-8-16)15-20(27-28)23(29)26-22(24(30)31)17-9-5-2-6-10-17/h1,3-4,7-8,11-15,17,22H,2,5-6,9-10H2,(H,26,29)(H,30,31). The lowest BCUT2D eigenvalue weighted by molar-refractivity contribution is -0.141. The number of benzene rings is 2. The van der Waals surface area contributed by atoms with E-state index < -0.39 is 17.9 Å². The van der Waals surface area contributed by atoms with Gasteiger partial charge in [-0.2, -0.15) is 5.10 Å². The molecule has 1 heterocycles. The van der Waals surface area contributed by atoms with E-state index in [2.05, 4.69) is 10.4 Å². The largest absolute Gasteiger partial charge is 0.480 e. The predicted octanol–water partition coefficient (Wildman–Crippen LogP) is 4.44. The first-order chi connectivity index (χ1) is 15.0. The Bertz CT molecular complexity index is 1060. The summed E-state index contributed by atoms with van der Waals surface area (Å²) in [4.78, 5) is 24.8. The Labute approximate surface area is 179 Å². The summed E-state index contributed by atoms with van der Waals surface area (Å²) in [6.07, 6.45) is 4.62. The average Bonchev–Trinajstić information content (AvgIpc) is 3.24. The Balaban J connectivity index is 1.67. The summed E-state index contributed by atoms with van der Waals surface area (Å²) in [7, 11) is 0. The minimum Gasteiger partial charge on any atom is -0.480 e. The normalized spacial score (nSPS) is 15.4. The minimum absolute atomic E-state index is 0.0806. The first-order valence-corrected chi connectivity index (χ1v) is 10.5. The minimum atomic E-state index is -1.03. The predicted molar refractivity (Wildman–Crippen MR) is 114 cm³/mol. The number of carbonyl (C=O) groups excluding carboxylic acids is 1. The topological polar surface area (TPSA) is 84.2 Å². The monoisotopic (exact) mass is 421 g/mol. The van der Waals surface area contributed by atoms with Crippen molar-refractivity contribution in [3.05, 3.63) is 72.2 Å². The van der Waals surface area contributed by atoms with Crippen LogP contribution in [0.2, 0.25) is 0 Å². The Morgan fingerprint density at radius 2 is 1.71 bits per heavy atom. The van der Waals surface area contributed by atoms with Gasteiger partial charge < -0.3 is 10.4 Å². The zero-order chi connectivity index (χ0) is 21.8. The maximum absolute atomic E-state index is 13.4.